The monoisotopic (exact) mass is 377 g/mol. The number of unbranched alkanes of at least 4 members (excludes halogenated alkanes) is 1. The van der Waals surface area contributed by atoms with Gasteiger partial charge in [-0.25, -0.2) is 9.97 Å². The lowest BCUT2D eigenvalue weighted by Gasteiger charge is -2.27. The molecule has 1 aliphatic carbocycles. The van der Waals surface area contributed by atoms with Gasteiger partial charge in [0.15, 0.2) is 0 Å². The van der Waals surface area contributed by atoms with Crippen LogP contribution >= 0.6 is 11.3 Å². The molecule has 1 saturated carbocycles. The Bertz CT molecular complexity index is 701. The molecule has 2 aromatic rings. The van der Waals surface area contributed by atoms with Crippen LogP contribution in [0.15, 0.2) is 12.4 Å². The van der Waals surface area contributed by atoms with Gasteiger partial charge in [-0.05, 0) is 32.1 Å². The highest BCUT2D eigenvalue weighted by atomic mass is 32.1. The molecule has 4 N–H and O–H groups in total. The van der Waals surface area contributed by atoms with Crippen molar-refractivity contribution in [3.63, 3.8) is 0 Å². The lowest BCUT2D eigenvalue weighted by Crippen LogP contribution is -2.29. The van der Waals surface area contributed by atoms with Gasteiger partial charge in [0.2, 0.25) is 5.95 Å². The second kappa shape index (κ2) is 9.25. The van der Waals surface area contributed by atoms with Crippen molar-refractivity contribution in [2.45, 2.75) is 64.2 Å². The second-order valence-electron chi connectivity index (χ2n) is 6.68. The Labute approximate surface area is 157 Å². The van der Waals surface area contributed by atoms with Gasteiger partial charge in [-0.3, -0.25) is 0 Å². The van der Waals surface area contributed by atoms with Crippen LogP contribution in [0.3, 0.4) is 0 Å². The van der Waals surface area contributed by atoms with Crippen LogP contribution in [0.4, 0.5) is 11.8 Å². The molecule has 26 heavy (non-hydrogen) atoms. The molecule has 8 heteroatoms. The summed E-state index contributed by atoms with van der Waals surface area (Å²) in [6.07, 6.45) is 8.94. The SMILES string of the molecule is CCCCNc1ncc(-c2ncc(CO)s2)c(N[C@H]2CC[C@H](O)CC2)n1. The first kappa shape index (κ1) is 19.0. The molecular weight excluding hydrogens is 350 g/mol. The Morgan fingerprint density at radius 1 is 1.19 bits per heavy atom. The molecule has 2 heterocycles. The minimum atomic E-state index is -0.185. The molecule has 142 valence electrons. The van der Waals surface area contributed by atoms with Crippen LogP contribution in [-0.4, -0.2) is 43.9 Å². The number of aliphatic hydroxyl groups is 2. The van der Waals surface area contributed by atoms with E-state index in [1.807, 2.05) is 0 Å². The number of nitrogens with zero attached hydrogens (tertiary/aromatic N) is 3. The molecule has 2 aromatic heterocycles. The molecule has 0 spiro atoms. The standard InChI is InChI=1S/C18H27N5O2S/c1-2-3-8-19-18-21-10-15(17-20-9-14(11-24)26-17)16(23-18)22-12-4-6-13(25)7-5-12/h9-10,12-13,24-25H,2-8,11H2,1H3,(H2,19,21,22,23)/t12-,13-. The van der Waals surface area contributed by atoms with Crippen LogP contribution in [0.5, 0.6) is 0 Å². The Balaban J connectivity index is 1.82. The molecule has 1 aliphatic rings. The van der Waals surface area contributed by atoms with E-state index in [0.717, 1.165) is 66.3 Å². The summed E-state index contributed by atoms with van der Waals surface area (Å²) in [4.78, 5) is 14.3. The van der Waals surface area contributed by atoms with Crippen molar-refractivity contribution in [3.05, 3.63) is 17.3 Å². The first-order chi connectivity index (χ1) is 12.7. The summed E-state index contributed by atoms with van der Waals surface area (Å²) in [6, 6.07) is 0.285. The lowest BCUT2D eigenvalue weighted by atomic mass is 9.93. The zero-order chi connectivity index (χ0) is 18.4. The van der Waals surface area contributed by atoms with Crippen molar-refractivity contribution >= 4 is 23.1 Å². The van der Waals surface area contributed by atoms with E-state index < -0.39 is 0 Å². The van der Waals surface area contributed by atoms with Crippen LogP contribution in [-0.2, 0) is 6.61 Å². The van der Waals surface area contributed by atoms with Crippen molar-refractivity contribution in [2.24, 2.45) is 0 Å². The van der Waals surface area contributed by atoms with Crippen LogP contribution in [0.2, 0.25) is 0 Å². The van der Waals surface area contributed by atoms with Gasteiger partial charge in [0.1, 0.15) is 10.8 Å². The molecule has 0 atom stereocenters. The topological polar surface area (TPSA) is 103 Å². The second-order valence-corrected chi connectivity index (χ2v) is 7.79. The number of aliphatic hydroxyl groups excluding tert-OH is 2. The average molecular weight is 378 g/mol. The van der Waals surface area contributed by atoms with Gasteiger partial charge in [0.25, 0.3) is 0 Å². The molecule has 1 fully saturated rings. The fourth-order valence-electron chi connectivity index (χ4n) is 3.03. The van der Waals surface area contributed by atoms with Crippen LogP contribution < -0.4 is 10.6 Å². The quantitative estimate of drug-likeness (QED) is 0.524. The van der Waals surface area contributed by atoms with Crippen molar-refractivity contribution in [2.75, 3.05) is 17.2 Å². The highest BCUT2D eigenvalue weighted by Gasteiger charge is 2.22. The summed E-state index contributed by atoms with van der Waals surface area (Å²) in [7, 11) is 0. The van der Waals surface area contributed by atoms with Gasteiger partial charge >= 0.3 is 0 Å². The molecule has 0 aliphatic heterocycles. The fraction of sp³-hybridized carbons (Fsp3) is 0.611. The normalized spacial score (nSPS) is 20.1. The van der Waals surface area contributed by atoms with E-state index in [1.165, 1.54) is 11.3 Å². The lowest BCUT2D eigenvalue weighted by molar-refractivity contribution is 0.126. The first-order valence-corrected chi connectivity index (χ1v) is 10.1. The number of rotatable bonds is 8. The maximum atomic E-state index is 9.72. The van der Waals surface area contributed by atoms with E-state index >= 15 is 0 Å². The smallest absolute Gasteiger partial charge is 0.224 e. The zero-order valence-electron chi connectivity index (χ0n) is 15.1. The molecule has 7 nitrogen and oxygen atoms in total. The number of anilines is 2. The predicted octanol–water partition coefficient (Wildman–Crippen LogP) is 3.02. The van der Waals surface area contributed by atoms with Gasteiger partial charge in [-0.15, -0.1) is 11.3 Å². The van der Waals surface area contributed by atoms with Gasteiger partial charge in [-0.2, -0.15) is 4.98 Å². The van der Waals surface area contributed by atoms with Gasteiger partial charge < -0.3 is 20.8 Å². The largest absolute Gasteiger partial charge is 0.393 e. The van der Waals surface area contributed by atoms with Crippen molar-refractivity contribution in [1.82, 2.24) is 15.0 Å². The maximum absolute atomic E-state index is 9.72. The average Bonchev–Trinajstić information content (AvgIpc) is 3.13. The summed E-state index contributed by atoms with van der Waals surface area (Å²) >= 11 is 1.45. The summed E-state index contributed by atoms with van der Waals surface area (Å²) in [5.41, 5.74) is 0.849. The molecule has 0 saturated heterocycles. The fourth-order valence-corrected chi connectivity index (χ4v) is 3.81. The summed E-state index contributed by atoms with van der Waals surface area (Å²) in [6.45, 7) is 2.98. The third kappa shape index (κ3) is 4.90. The third-order valence-electron chi connectivity index (χ3n) is 4.58. The molecular formula is C18H27N5O2S. The number of nitrogens with one attached hydrogen (secondary N) is 2. The van der Waals surface area contributed by atoms with E-state index in [4.69, 9.17) is 0 Å². The van der Waals surface area contributed by atoms with Gasteiger partial charge in [0, 0.05) is 25.0 Å². The Kier molecular flexibility index (Phi) is 6.76. The van der Waals surface area contributed by atoms with E-state index in [2.05, 4.69) is 32.5 Å². The van der Waals surface area contributed by atoms with E-state index in [0.29, 0.717) is 5.95 Å². The maximum Gasteiger partial charge on any atom is 0.224 e. The highest BCUT2D eigenvalue weighted by molar-refractivity contribution is 7.15. The summed E-state index contributed by atoms with van der Waals surface area (Å²) < 4.78 is 0. The molecule has 0 radical (unpaired) electrons. The Hall–Kier alpha value is -1.77. The summed E-state index contributed by atoms with van der Waals surface area (Å²) in [5.74, 6) is 1.37. The van der Waals surface area contributed by atoms with E-state index in [9.17, 15) is 10.2 Å². The van der Waals surface area contributed by atoms with E-state index in [1.54, 1.807) is 12.4 Å². The molecule has 0 unspecified atom stereocenters. The number of aromatic nitrogens is 3. The number of thiazole rings is 1. The first-order valence-electron chi connectivity index (χ1n) is 9.31. The van der Waals surface area contributed by atoms with Gasteiger partial charge in [0.05, 0.1) is 23.2 Å². The predicted molar refractivity (Wildman–Crippen MR) is 104 cm³/mol. The van der Waals surface area contributed by atoms with Gasteiger partial charge in [-0.1, -0.05) is 13.3 Å². The minimum absolute atomic E-state index is 0.0154. The Morgan fingerprint density at radius 3 is 2.69 bits per heavy atom. The number of hydrogen-bond donors (Lipinski definition) is 4. The van der Waals surface area contributed by atoms with E-state index in [-0.39, 0.29) is 18.8 Å². The summed E-state index contributed by atoms with van der Waals surface area (Å²) in [5, 5.41) is 26.6. The zero-order valence-corrected chi connectivity index (χ0v) is 15.9. The molecule has 0 bridgehead atoms. The van der Waals surface area contributed by atoms with Crippen molar-refractivity contribution < 1.29 is 10.2 Å². The number of hydrogen-bond acceptors (Lipinski definition) is 8. The van der Waals surface area contributed by atoms with Crippen LogP contribution in [0, 0.1) is 0 Å². The van der Waals surface area contributed by atoms with Crippen LogP contribution in [0.1, 0.15) is 50.3 Å². The minimum Gasteiger partial charge on any atom is -0.393 e. The molecule has 0 aromatic carbocycles. The molecule has 0 amide bonds. The van der Waals surface area contributed by atoms with Crippen LogP contribution in [0.25, 0.3) is 10.6 Å². The third-order valence-corrected chi connectivity index (χ3v) is 5.59. The van der Waals surface area contributed by atoms with Crippen molar-refractivity contribution in [3.8, 4) is 10.6 Å². The Morgan fingerprint density at radius 2 is 2.00 bits per heavy atom. The molecule has 3 rings (SSSR count). The highest BCUT2D eigenvalue weighted by Crippen LogP contribution is 2.32. The van der Waals surface area contributed by atoms with Crippen molar-refractivity contribution in [1.29, 1.82) is 0 Å².